The van der Waals surface area contributed by atoms with Crippen molar-refractivity contribution in [1.82, 2.24) is 4.98 Å². The van der Waals surface area contributed by atoms with Crippen LogP contribution < -0.4 is 10.6 Å². The average Bonchev–Trinajstić information content (AvgIpc) is 2.96. The van der Waals surface area contributed by atoms with Crippen molar-refractivity contribution in [3.05, 3.63) is 54.1 Å². The van der Waals surface area contributed by atoms with Gasteiger partial charge >= 0.3 is 0 Å². The van der Waals surface area contributed by atoms with Gasteiger partial charge in [-0.3, -0.25) is 9.59 Å². The van der Waals surface area contributed by atoms with E-state index in [2.05, 4.69) is 15.6 Å². The molecule has 2 amide bonds. The SMILES string of the molecule is CCC(=O)Nc1nc2cc(NC(=O)c3ccccc3)ccc2s1. The van der Waals surface area contributed by atoms with Gasteiger partial charge in [-0.25, -0.2) is 4.98 Å². The van der Waals surface area contributed by atoms with Crippen LogP contribution in [0.4, 0.5) is 10.8 Å². The zero-order valence-corrected chi connectivity index (χ0v) is 13.3. The van der Waals surface area contributed by atoms with E-state index in [1.54, 1.807) is 25.1 Å². The number of anilines is 2. The Morgan fingerprint density at radius 3 is 2.61 bits per heavy atom. The summed E-state index contributed by atoms with van der Waals surface area (Å²) in [5.74, 6) is -0.235. The zero-order valence-electron chi connectivity index (χ0n) is 12.5. The number of hydrogen-bond acceptors (Lipinski definition) is 4. The first-order valence-corrected chi connectivity index (χ1v) is 8.04. The molecule has 0 saturated carbocycles. The second-order valence-electron chi connectivity index (χ2n) is 4.92. The van der Waals surface area contributed by atoms with Crippen LogP contribution in [0.1, 0.15) is 23.7 Å². The van der Waals surface area contributed by atoms with Gasteiger partial charge in [0.05, 0.1) is 10.2 Å². The summed E-state index contributed by atoms with van der Waals surface area (Å²) in [7, 11) is 0. The van der Waals surface area contributed by atoms with Gasteiger partial charge in [-0.15, -0.1) is 0 Å². The van der Waals surface area contributed by atoms with Crippen LogP contribution in [0.3, 0.4) is 0 Å². The van der Waals surface area contributed by atoms with Crippen LogP contribution in [-0.2, 0) is 4.79 Å². The molecule has 5 nitrogen and oxygen atoms in total. The summed E-state index contributed by atoms with van der Waals surface area (Å²) in [6.07, 6.45) is 0.411. The van der Waals surface area contributed by atoms with Gasteiger partial charge in [-0.1, -0.05) is 36.5 Å². The minimum Gasteiger partial charge on any atom is -0.322 e. The molecule has 0 aliphatic heterocycles. The molecular weight excluding hydrogens is 310 g/mol. The molecule has 0 aliphatic rings. The molecule has 3 aromatic rings. The predicted molar refractivity (Wildman–Crippen MR) is 92.9 cm³/mol. The third-order valence-electron chi connectivity index (χ3n) is 3.25. The lowest BCUT2D eigenvalue weighted by atomic mass is 10.2. The molecule has 0 bridgehead atoms. The van der Waals surface area contributed by atoms with Crippen molar-refractivity contribution in [1.29, 1.82) is 0 Å². The average molecular weight is 325 g/mol. The van der Waals surface area contributed by atoms with Gasteiger partial charge in [0.25, 0.3) is 5.91 Å². The van der Waals surface area contributed by atoms with Crippen molar-refractivity contribution >= 4 is 44.2 Å². The molecule has 116 valence electrons. The molecule has 0 radical (unpaired) electrons. The van der Waals surface area contributed by atoms with Crippen LogP contribution in [0, 0.1) is 0 Å². The van der Waals surface area contributed by atoms with Gasteiger partial charge in [-0.2, -0.15) is 0 Å². The summed E-state index contributed by atoms with van der Waals surface area (Å²) in [6.45, 7) is 1.79. The van der Waals surface area contributed by atoms with Gasteiger partial charge < -0.3 is 10.6 Å². The van der Waals surface area contributed by atoms with E-state index in [1.165, 1.54) is 11.3 Å². The number of fused-ring (bicyclic) bond motifs is 1. The van der Waals surface area contributed by atoms with E-state index in [-0.39, 0.29) is 11.8 Å². The lowest BCUT2D eigenvalue weighted by Gasteiger charge is -2.04. The van der Waals surface area contributed by atoms with E-state index >= 15 is 0 Å². The molecule has 0 unspecified atom stereocenters. The monoisotopic (exact) mass is 325 g/mol. The van der Waals surface area contributed by atoms with Crippen molar-refractivity contribution in [3.8, 4) is 0 Å². The molecule has 2 aromatic carbocycles. The lowest BCUT2D eigenvalue weighted by Crippen LogP contribution is -2.11. The maximum absolute atomic E-state index is 12.2. The van der Waals surface area contributed by atoms with E-state index in [0.717, 1.165) is 10.2 Å². The topological polar surface area (TPSA) is 71.1 Å². The number of nitrogens with one attached hydrogen (secondary N) is 2. The molecule has 0 fully saturated rings. The van der Waals surface area contributed by atoms with E-state index in [9.17, 15) is 9.59 Å². The maximum Gasteiger partial charge on any atom is 0.255 e. The molecular formula is C17H15N3O2S. The molecule has 2 N–H and O–H groups in total. The first kappa shape index (κ1) is 15.2. The Morgan fingerprint density at radius 1 is 1.09 bits per heavy atom. The second-order valence-corrected chi connectivity index (χ2v) is 5.95. The number of nitrogens with zero attached hydrogens (tertiary/aromatic N) is 1. The summed E-state index contributed by atoms with van der Waals surface area (Å²) in [5, 5.41) is 6.17. The van der Waals surface area contributed by atoms with Crippen LogP contribution in [0.15, 0.2) is 48.5 Å². The van der Waals surface area contributed by atoms with Crippen molar-refractivity contribution in [3.63, 3.8) is 0 Å². The van der Waals surface area contributed by atoms with Gasteiger partial charge in [0.2, 0.25) is 5.91 Å². The summed E-state index contributed by atoms with van der Waals surface area (Å²) < 4.78 is 0.953. The van der Waals surface area contributed by atoms with Gasteiger partial charge in [0.1, 0.15) is 0 Å². The Bertz CT molecular complexity index is 859. The van der Waals surface area contributed by atoms with E-state index in [1.807, 2.05) is 30.3 Å². The molecule has 0 aliphatic carbocycles. The first-order chi connectivity index (χ1) is 11.2. The van der Waals surface area contributed by atoms with Crippen LogP contribution in [-0.4, -0.2) is 16.8 Å². The highest BCUT2D eigenvalue weighted by molar-refractivity contribution is 7.22. The third kappa shape index (κ3) is 3.54. The largest absolute Gasteiger partial charge is 0.322 e. The highest BCUT2D eigenvalue weighted by Crippen LogP contribution is 2.28. The lowest BCUT2D eigenvalue weighted by molar-refractivity contribution is -0.115. The summed E-state index contributed by atoms with van der Waals surface area (Å²) >= 11 is 1.41. The van der Waals surface area contributed by atoms with Crippen LogP contribution >= 0.6 is 11.3 Å². The van der Waals surface area contributed by atoms with Crippen molar-refractivity contribution < 1.29 is 9.59 Å². The fourth-order valence-corrected chi connectivity index (χ4v) is 2.92. The molecule has 23 heavy (non-hydrogen) atoms. The van der Waals surface area contributed by atoms with Crippen molar-refractivity contribution in [2.45, 2.75) is 13.3 Å². The fourth-order valence-electron chi connectivity index (χ4n) is 2.06. The fraction of sp³-hybridized carbons (Fsp3) is 0.118. The van der Waals surface area contributed by atoms with Crippen molar-refractivity contribution in [2.75, 3.05) is 10.6 Å². The summed E-state index contributed by atoms with van der Waals surface area (Å²) in [6, 6.07) is 14.5. The predicted octanol–water partition coefficient (Wildman–Crippen LogP) is 3.90. The number of aromatic nitrogens is 1. The van der Waals surface area contributed by atoms with Crippen LogP contribution in [0.25, 0.3) is 10.2 Å². The normalized spacial score (nSPS) is 10.5. The van der Waals surface area contributed by atoms with E-state index in [4.69, 9.17) is 0 Å². The zero-order chi connectivity index (χ0) is 16.2. The molecule has 0 saturated heterocycles. The highest BCUT2D eigenvalue weighted by atomic mass is 32.1. The van der Waals surface area contributed by atoms with Gasteiger partial charge in [0.15, 0.2) is 5.13 Å². The Hall–Kier alpha value is -2.73. The highest BCUT2D eigenvalue weighted by Gasteiger charge is 2.09. The van der Waals surface area contributed by atoms with Gasteiger partial charge in [-0.05, 0) is 30.3 Å². The second kappa shape index (κ2) is 6.58. The Morgan fingerprint density at radius 2 is 1.87 bits per heavy atom. The van der Waals surface area contributed by atoms with E-state index < -0.39 is 0 Å². The number of rotatable bonds is 4. The van der Waals surface area contributed by atoms with Gasteiger partial charge in [0, 0.05) is 17.7 Å². The number of benzene rings is 2. The molecule has 0 spiro atoms. The number of carbonyl (C=O) groups excluding carboxylic acids is 2. The van der Waals surface area contributed by atoms with E-state index in [0.29, 0.717) is 22.8 Å². The minimum atomic E-state index is -0.167. The standard InChI is InChI=1S/C17H15N3O2S/c1-2-15(21)20-17-19-13-10-12(8-9-14(13)23-17)18-16(22)11-6-4-3-5-7-11/h3-10H,2H2,1H3,(H,18,22)(H,19,20,21). The Labute approximate surface area is 137 Å². The summed E-state index contributed by atoms with van der Waals surface area (Å²) in [4.78, 5) is 28.0. The third-order valence-corrected chi connectivity index (χ3v) is 4.20. The smallest absolute Gasteiger partial charge is 0.255 e. The molecule has 0 atom stereocenters. The molecule has 1 heterocycles. The minimum absolute atomic E-state index is 0.0679. The number of carbonyl (C=O) groups is 2. The number of thiazole rings is 1. The number of hydrogen-bond donors (Lipinski definition) is 2. The molecule has 1 aromatic heterocycles. The molecule has 6 heteroatoms. The van der Waals surface area contributed by atoms with Crippen LogP contribution in [0.5, 0.6) is 0 Å². The maximum atomic E-state index is 12.2. The van der Waals surface area contributed by atoms with Crippen LogP contribution in [0.2, 0.25) is 0 Å². The number of amides is 2. The quantitative estimate of drug-likeness (QED) is 0.764. The summed E-state index contributed by atoms with van der Waals surface area (Å²) in [5.41, 5.74) is 2.01. The first-order valence-electron chi connectivity index (χ1n) is 7.22. The van der Waals surface area contributed by atoms with Crippen molar-refractivity contribution in [2.24, 2.45) is 0 Å². The Balaban J connectivity index is 1.80. The Kier molecular flexibility index (Phi) is 4.34. The molecule has 3 rings (SSSR count).